The molecule has 1 unspecified atom stereocenters. The molecule has 0 aliphatic carbocycles. The molecular weight excluding hydrogens is 279 g/mol. The molecule has 1 aromatic rings. The zero-order valence-electron chi connectivity index (χ0n) is 11.5. The summed E-state index contributed by atoms with van der Waals surface area (Å²) in [4.78, 5) is 2.44. The summed E-state index contributed by atoms with van der Waals surface area (Å²) in [5.41, 5.74) is 1.16. The Balaban J connectivity index is 1.94. The smallest absolute Gasteiger partial charge is 0.0465 e. The van der Waals surface area contributed by atoms with Crippen LogP contribution in [0.3, 0.4) is 0 Å². The fourth-order valence-corrected chi connectivity index (χ4v) is 3.06. The van der Waals surface area contributed by atoms with Crippen molar-refractivity contribution in [3.8, 4) is 0 Å². The van der Waals surface area contributed by atoms with E-state index in [1.165, 1.54) is 19.3 Å². The first kappa shape index (κ1) is 15.1. The van der Waals surface area contributed by atoms with Crippen molar-refractivity contribution in [1.29, 1.82) is 0 Å². The average molecular weight is 301 g/mol. The van der Waals surface area contributed by atoms with E-state index in [0.29, 0.717) is 11.1 Å². The summed E-state index contributed by atoms with van der Waals surface area (Å²) in [5.74, 6) is 0. The van der Waals surface area contributed by atoms with Crippen LogP contribution >= 0.6 is 23.2 Å². The van der Waals surface area contributed by atoms with Crippen LogP contribution in [0.1, 0.15) is 31.7 Å². The molecular formula is C15H22Cl2N2. The van der Waals surface area contributed by atoms with E-state index in [2.05, 4.69) is 17.1 Å². The molecule has 4 heteroatoms. The molecule has 1 aromatic carbocycles. The third-order valence-electron chi connectivity index (χ3n) is 3.75. The Hall–Kier alpha value is -0.280. The first-order valence-corrected chi connectivity index (χ1v) is 7.84. The van der Waals surface area contributed by atoms with Gasteiger partial charge in [0, 0.05) is 29.2 Å². The third kappa shape index (κ3) is 4.64. The van der Waals surface area contributed by atoms with Gasteiger partial charge in [-0.3, -0.25) is 4.90 Å². The number of benzene rings is 1. The maximum absolute atomic E-state index is 6.25. The van der Waals surface area contributed by atoms with Gasteiger partial charge in [-0.2, -0.15) is 0 Å². The number of nitrogens with one attached hydrogen (secondary N) is 1. The second kappa shape index (κ2) is 7.49. The molecule has 1 atom stereocenters. The molecule has 1 fully saturated rings. The zero-order valence-corrected chi connectivity index (χ0v) is 13.0. The monoisotopic (exact) mass is 300 g/mol. The Morgan fingerprint density at radius 1 is 1.32 bits per heavy atom. The van der Waals surface area contributed by atoms with Crippen LogP contribution in [0, 0.1) is 0 Å². The molecule has 0 saturated carbocycles. The first-order valence-electron chi connectivity index (χ1n) is 7.08. The minimum atomic E-state index is 0.625. The Kier molecular flexibility index (Phi) is 5.96. The van der Waals surface area contributed by atoms with Gasteiger partial charge in [-0.05, 0) is 43.6 Å². The maximum atomic E-state index is 6.25. The highest BCUT2D eigenvalue weighted by Crippen LogP contribution is 2.22. The molecule has 1 aliphatic rings. The van der Waals surface area contributed by atoms with Crippen LogP contribution in [0.4, 0.5) is 0 Å². The summed E-state index contributed by atoms with van der Waals surface area (Å²) < 4.78 is 0. The molecule has 1 heterocycles. The third-order valence-corrected chi connectivity index (χ3v) is 4.33. The van der Waals surface area contributed by atoms with E-state index in [-0.39, 0.29) is 0 Å². The minimum Gasteiger partial charge on any atom is -0.313 e. The van der Waals surface area contributed by atoms with Crippen molar-refractivity contribution in [3.63, 3.8) is 0 Å². The predicted octanol–water partition coefficient (Wildman–Crippen LogP) is 3.96. The van der Waals surface area contributed by atoms with Crippen molar-refractivity contribution in [2.45, 2.75) is 38.8 Å². The summed E-state index contributed by atoms with van der Waals surface area (Å²) >= 11 is 12.2. The van der Waals surface area contributed by atoms with Crippen LogP contribution in [-0.2, 0) is 6.54 Å². The van der Waals surface area contributed by atoms with Gasteiger partial charge in [0.15, 0.2) is 0 Å². The van der Waals surface area contributed by atoms with Crippen LogP contribution in [0.2, 0.25) is 10.0 Å². The maximum Gasteiger partial charge on any atom is 0.0465 e. The first-order chi connectivity index (χ1) is 9.19. The van der Waals surface area contributed by atoms with Crippen molar-refractivity contribution in [3.05, 3.63) is 33.8 Å². The zero-order chi connectivity index (χ0) is 13.7. The summed E-state index contributed by atoms with van der Waals surface area (Å²) in [6, 6.07) is 6.39. The van der Waals surface area contributed by atoms with E-state index in [1.54, 1.807) is 0 Å². The van der Waals surface area contributed by atoms with Crippen molar-refractivity contribution in [2.75, 3.05) is 19.6 Å². The Morgan fingerprint density at radius 3 is 2.79 bits per heavy atom. The molecule has 1 saturated heterocycles. The fourth-order valence-electron chi connectivity index (χ4n) is 2.59. The molecule has 0 bridgehead atoms. The van der Waals surface area contributed by atoms with E-state index in [4.69, 9.17) is 23.2 Å². The van der Waals surface area contributed by atoms with E-state index >= 15 is 0 Å². The number of piperidine rings is 1. The number of hydrogen-bond acceptors (Lipinski definition) is 2. The number of likely N-dealkylation sites (N-methyl/N-ethyl adjacent to an activating group) is 1. The number of nitrogens with zero attached hydrogens (tertiary/aromatic N) is 1. The van der Waals surface area contributed by atoms with Crippen molar-refractivity contribution >= 4 is 23.2 Å². The van der Waals surface area contributed by atoms with Crippen LogP contribution in [0.25, 0.3) is 0 Å². The lowest BCUT2D eigenvalue weighted by Crippen LogP contribution is -2.43. The summed E-state index contributed by atoms with van der Waals surface area (Å²) in [6.45, 7) is 6.38. The quantitative estimate of drug-likeness (QED) is 0.885. The molecule has 0 aromatic heterocycles. The van der Waals surface area contributed by atoms with Crippen molar-refractivity contribution in [2.24, 2.45) is 0 Å². The van der Waals surface area contributed by atoms with Gasteiger partial charge in [0.05, 0.1) is 0 Å². The minimum absolute atomic E-state index is 0.625. The topological polar surface area (TPSA) is 15.3 Å². The molecule has 0 radical (unpaired) electrons. The molecule has 0 amide bonds. The van der Waals surface area contributed by atoms with Gasteiger partial charge >= 0.3 is 0 Å². The van der Waals surface area contributed by atoms with Crippen LogP contribution in [0.5, 0.6) is 0 Å². The number of halogens is 2. The highest BCUT2D eigenvalue weighted by atomic mass is 35.5. The molecule has 1 N–H and O–H groups in total. The van der Waals surface area contributed by atoms with E-state index in [9.17, 15) is 0 Å². The van der Waals surface area contributed by atoms with Gasteiger partial charge < -0.3 is 5.32 Å². The lowest BCUT2D eigenvalue weighted by molar-refractivity contribution is 0.226. The fraction of sp³-hybridized carbons (Fsp3) is 0.600. The second-order valence-electron chi connectivity index (χ2n) is 5.21. The molecule has 106 valence electrons. The second-order valence-corrected chi connectivity index (χ2v) is 6.05. The van der Waals surface area contributed by atoms with Gasteiger partial charge in [0.2, 0.25) is 0 Å². The van der Waals surface area contributed by atoms with Crippen LogP contribution in [-0.4, -0.2) is 30.6 Å². The summed E-state index contributed by atoms with van der Waals surface area (Å²) in [6.07, 6.45) is 3.94. The molecule has 19 heavy (non-hydrogen) atoms. The van der Waals surface area contributed by atoms with Gasteiger partial charge in [-0.15, -0.1) is 0 Å². The van der Waals surface area contributed by atoms with E-state index in [1.807, 2.05) is 18.2 Å². The molecule has 2 rings (SSSR count). The normalized spacial score (nSPS) is 19.9. The highest BCUT2D eigenvalue weighted by Gasteiger charge is 2.16. The van der Waals surface area contributed by atoms with Gasteiger partial charge in [-0.25, -0.2) is 0 Å². The SMILES string of the molecule is CCN(Cc1ccc(Cl)cc1Cl)CC1CCCCN1. The number of hydrogen-bond donors (Lipinski definition) is 1. The number of rotatable bonds is 5. The Bertz CT molecular complexity index is 403. The van der Waals surface area contributed by atoms with Gasteiger partial charge in [0.1, 0.15) is 0 Å². The Labute approximate surface area is 126 Å². The van der Waals surface area contributed by atoms with E-state index in [0.717, 1.165) is 36.8 Å². The lowest BCUT2D eigenvalue weighted by Gasteiger charge is -2.30. The van der Waals surface area contributed by atoms with Gasteiger partial charge in [-0.1, -0.05) is 42.6 Å². The molecule has 0 spiro atoms. The van der Waals surface area contributed by atoms with Crippen LogP contribution < -0.4 is 5.32 Å². The van der Waals surface area contributed by atoms with Crippen molar-refractivity contribution < 1.29 is 0 Å². The van der Waals surface area contributed by atoms with E-state index < -0.39 is 0 Å². The van der Waals surface area contributed by atoms with Crippen LogP contribution in [0.15, 0.2) is 18.2 Å². The summed E-state index contributed by atoms with van der Waals surface area (Å²) in [7, 11) is 0. The average Bonchev–Trinajstić information content (AvgIpc) is 2.42. The van der Waals surface area contributed by atoms with Crippen molar-refractivity contribution in [1.82, 2.24) is 10.2 Å². The highest BCUT2D eigenvalue weighted by molar-refractivity contribution is 6.35. The standard InChI is InChI=1S/C15H22Cl2N2/c1-2-19(11-14-5-3-4-8-18-14)10-12-6-7-13(16)9-15(12)17/h6-7,9,14,18H,2-5,8,10-11H2,1H3. The largest absolute Gasteiger partial charge is 0.313 e. The lowest BCUT2D eigenvalue weighted by atomic mass is 10.0. The summed E-state index contributed by atoms with van der Waals surface area (Å²) in [5, 5.41) is 5.06. The predicted molar refractivity (Wildman–Crippen MR) is 83.1 cm³/mol. The van der Waals surface area contributed by atoms with Gasteiger partial charge in [0.25, 0.3) is 0 Å². The molecule has 2 nitrogen and oxygen atoms in total. The Morgan fingerprint density at radius 2 is 2.16 bits per heavy atom. The molecule has 1 aliphatic heterocycles.